The Morgan fingerprint density at radius 2 is 1.90 bits per heavy atom. The summed E-state index contributed by atoms with van der Waals surface area (Å²) in [6.07, 6.45) is 0. The van der Waals surface area contributed by atoms with Gasteiger partial charge in [-0.25, -0.2) is 4.98 Å². The highest BCUT2D eigenvalue weighted by Crippen LogP contribution is 2.28. The minimum atomic E-state index is -0.553. The van der Waals surface area contributed by atoms with Gasteiger partial charge in [0.1, 0.15) is 10.7 Å². The number of nitrogens with one attached hydrogen (secondary N) is 1. The van der Waals surface area contributed by atoms with E-state index in [0.29, 0.717) is 0 Å². The molecule has 1 saturated heterocycles. The first-order chi connectivity index (χ1) is 14.5. The number of carbonyl (C=O) groups excluding carboxylic acids is 1. The Labute approximate surface area is 182 Å². The van der Waals surface area contributed by atoms with E-state index >= 15 is 0 Å². The molecule has 3 aromatic rings. The van der Waals surface area contributed by atoms with Crippen molar-refractivity contribution in [2.45, 2.75) is 6.54 Å². The summed E-state index contributed by atoms with van der Waals surface area (Å²) in [5, 5.41) is 15.1. The van der Waals surface area contributed by atoms with Crippen molar-refractivity contribution in [1.82, 2.24) is 14.8 Å². The van der Waals surface area contributed by atoms with Gasteiger partial charge in [-0.05, 0) is 24.3 Å². The molecule has 1 aliphatic heterocycles. The Kier molecular flexibility index (Phi) is 6.24. The lowest BCUT2D eigenvalue weighted by atomic mass is 10.2. The molecule has 0 spiro atoms. The van der Waals surface area contributed by atoms with E-state index in [9.17, 15) is 14.9 Å². The molecule has 0 saturated carbocycles. The summed E-state index contributed by atoms with van der Waals surface area (Å²) >= 11 is 7.53. The lowest BCUT2D eigenvalue weighted by Crippen LogP contribution is -2.48. The average molecular weight is 446 g/mol. The van der Waals surface area contributed by atoms with Gasteiger partial charge < -0.3 is 5.32 Å². The number of benzene rings is 2. The molecule has 1 aromatic heterocycles. The van der Waals surface area contributed by atoms with Crippen LogP contribution in [0.2, 0.25) is 5.02 Å². The fraction of sp³-hybridized carbons (Fsp3) is 0.300. The van der Waals surface area contributed by atoms with Crippen LogP contribution in [0.4, 0.5) is 11.4 Å². The Balaban J connectivity index is 1.28. The van der Waals surface area contributed by atoms with Crippen molar-refractivity contribution in [2.24, 2.45) is 0 Å². The number of amides is 1. The van der Waals surface area contributed by atoms with Crippen LogP contribution in [-0.4, -0.2) is 58.3 Å². The first kappa shape index (κ1) is 20.7. The molecular weight excluding hydrogens is 426 g/mol. The van der Waals surface area contributed by atoms with Crippen LogP contribution < -0.4 is 5.32 Å². The third kappa shape index (κ3) is 4.93. The van der Waals surface area contributed by atoms with Crippen LogP contribution in [0.3, 0.4) is 0 Å². The molecule has 0 aliphatic carbocycles. The SMILES string of the molecule is O=C(CN1CCN(Cc2nc3ccccc3s2)CC1)Nc1ccc(Cl)cc1[N+](=O)[O-]. The molecule has 1 N–H and O–H groups in total. The van der Waals surface area contributed by atoms with Gasteiger partial charge in [-0.2, -0.15) is 0 Å². The highest BCUT2D eigenvalue weighted by molar-refractivity contribution is 7.18. The van der Waals surface area contributed by atoms with E-state index in [0.717, 1.165) is 43.2 Å². The maximum absolute atomic E-state index is 12.4. The van der Waals surface area contributed by atoms with E-state index in [2.05, 4.69) is 21.3 Å². The van der Waals surface area contributed by atoms with Crippen molar-refractivity contribution in [2.75, 3.05) is 38.0 Å². The number of hydrogen-bond donors (Lipinski definition) is 1. The molecule has 30 heavy (non-hydrogen) atoms. The van der Waals surface area contributed by atoms with Crippen molar-refractivity contribution in [1.29, 1.82) is 0 Å². The van der Waals surface area contributed by atoms with Crippen LogP contribution in [0, 0.1) is 10.1 Å². The van der Waals surface area contributed by atoms with Crippen LogP contribution in [0.1, 0.15) is 5.01 Å². The normalized spacial score (nSPS) is 15.4. The van der Waals surface area contributed by atoms with Gasteiger partial charge >= 0.3 is 0 Å². The second-order valence-electron chi connectivity index (χ2n) is 7.09. The first-order valence-electron chi connectivity index (χ1n) is 9.51. The number of aromatic nitrogens is 1. The van der Waals surface area contributed by atoms with E-state index in [-0.39, 0.29) is 28.8 Å². The minimum Gasteiger partial charge on any atom is -0.319 e. The van der Waals surface area contributed by atoms with Crippen LogP contribution in [0.25, 0.3) is 10.2 Å². The maximum atomic E-state index is 12.4. The molecule has 2 heterocycles. The predicted octanol–water partition coefficient (Wildman–Crippen LogP) is 3.61. The number of nitro benzene ring substituents is 1. The number of carbonyl (C=O) groups is 1. The third-order valence-corrected chi connectivity index (χ3v) is 6.22. The highest BCUT2D eigenvalue weighted by Gasteiger charge is 2.22. The van der Waals surface area contributed by atoms with Crippen LogP contribution in [0.15, 0.2) is 42.5 Å². The molecule has 1 amide bonds. The van der Waals surface area contributed by atoms with Crippen LogP contribution in [0.5, 0.6) is 0 Å². The number of hydrogen-bond acceptors (Lipinski definition) is 7. The molecule has 1 fully saturated rings. The van der Waals surface area contributed by atoms with Crippen molar-refractivity contribution in [3.05, 3.63) is 62.6 Å². The molecule has 4 rings (SSSR count). The van der Waals surface area contributed by atoms with Crippen molar-refractivity contribution in [3.63, 3.8) is 0 Å². The standard InChI is InChI=1S/C20H20ClN5O3S/c21-14-5-6-15(17(11-14)26(28)29)22-19(27)12-24-7-9-25(10-8-24)13-20-23-16-3-1-2-4-18(16)30-20/h1-6,11H,7-10,12-13H2,(H,22,27). The van der Waals surface area contributed by atoms with E-state index in [1.165, 1.54) is 22.9 Å². The average Bonchev–Trinajstić information content (AvgIpc) is 3.13. The summed E-state index contributed by atoms with van der Waals surface area (Å²) in [6.45, 7) is 4.17. The van der Waals surface area contributed by atoms with Crippen molar-refractivity contribution < 1.29 is 9.72 Å². The number of nitro groups is 1. The smallest absolute Gasteiger partial charge is 0.294 e. The zero-order chi connectivity index (χ0) is 21.1. The monoisotopic (exact) mass is 445 g/mol. The number of para-hydroxylation sites is 1. The number of nitrogens with zero attached hydrogens (tertiary/aromatic N) is 4. The molecule has 0 bridgehead atoms. The zero-order valence-corrected chi connectivity index (χ0v) is 17.7. The van der Waals surface area contributed by atoms with Crippen molar-refractivity contribution >= 4 is 50.4 Å². The van der Waals surface area contributed by atoms with E-state index in [4.69, 9.17) is 11.6 Å². The molecule has 8 nitrogen and oxygen atoms in total. The quantitative estimate of drug-likeness (QED) is 0.460. The summed E-state index contributed by atoms with van der Waals surface area (Å²) in [7, 11) is 0. The van der Waals surface area contributed by atoms with Gasteiger partial charge in [-0.3, -0.25) is 24.7 Å². The topological polar surface area (TPSA) is 91.6 Å². The summed E-state index contributed by atoms with van der Waals surface area (Å²) in [6, 6.07) is 12.3. The number of piperazine rings is 1. The summed E-state index contributed by atoms with van der Waals surface area (Å²) in [5.41, 5.74) is 0.976. The Bertz CT molecular complexity index is 1050. The molecule has 1 aliphatic rings. The Morgan fingerprint density at radius 1 is 1.17 bits per heavy atom. The third-order valence-electron chi connectivity index (χ3n) is 4.96. The summed E-state index contributed by atoms with van der Waals surface area (Å²) in [5.74, 6) is -0.278. The highest BCUT2D eigenvalue weighted by atomic mass is 35.5. The molecule has 0 radical (unpaired) electrons. The lowest BCUT2D eigenvalue weighted by Gasteiger charge is -2.33. The van der Waals surface area contributed by atoms with Gasteiger partial charge in [-0.15, -0.1) is 11.3 Å². The summed E-state index contributed by atoms with van der Waals surface area (Å²) in [4.78, 5) is 32.1. The number of halogens is 1. The molecule has 10 heteroatoms. The zero-order valence-electron chi connectivity index (χ0n) is 16.1. The second kappa shape index (κ2) is 9.05. The molecule has 0 unspecified atom stereocenters. The minimum absolute atomic E-state index is 0.156. The lowest BCUT2D eigenvalue weighted by molar-refractivity contribution is -0.383. The van der Waals surface area contributed by atoms with E-state index in [1.807, 2.05) is 23.1 Å². The van der Waals surface area contributed by atoms with E-state index < -0.39 is 4.92 Å². The van der Waals surface area contributed by atoms with Gasteiger partial charge in [0.05, 0.1) is 28.2 Å². The van der Waals surface area contributed by atoms with E-state index in [1.54, 1.807) is 11.3 Å². The predicted molar refractivity (Wildman–Crippen MR) is 118 cm³/mol. The van der Waals surface area contributed by atoms with Gasteiger partial charge in [0.15, 0.2) is 0 Å². The Hall–Kier alpha value is -2.59. The fourth-order valence-corrected chi connectivity index (χ4v) is 4.61. The number of rotatable bonds is 6. The molecule has 2 aromatic carbocycles. The number of fused-ring (bicyclic) bond motifs is 1. The van der Waals surface area contributed by atoms with Crippen LogP contribution >= 0.6 is 22.9 Å². The maximum Gasteiger partial charge on any atom is 0.294 e. The summed E-state index contributed by atoms with van der Waals surface area (Å²) < 4.78 is 1.19. The second-order valence-corrected chi connectivity index (χ2v) is 8.65. The first-order valence-corrected chi connectivity index (χ1v) is 10.7. The number of anilines is 1. The van der Waals surface area contributed by atoms with Gasteiger partial charge in [0.25, 0.3) is 5.69 Å². The fourth-order valence-electron chi connectivity index (χ4n) is 3.44. The van der Waals surface area contributed by atoms with Crippen LogP contribution in [-0.2, 0) is 11.3 Å². The largest absolute Gasteiger partial charge is 0.319 e. The molecular formula is C20H20ClN5O3S. The van der Waals surface area contributed by atoms with Gasteiger partial charge in [0.2, 0.25) is 5.91 Å². The molecule has 156 valence electrons. The Morgan fingerprint density at radius 3 is 2.63 bits per heavy atom. The van der Waals surface area contributed by atoms with Gasteiger partial charge in [-0.1, -0.05) is 23.7 Å². The van der Waals surface area contributed by atoms with Crippen molar-refractivity contribution in [3.8, 4) is 0 Å². The molecule has 0 atom stereocenters. The number of thiazole rings is 1. The van der Waals surface area contributed by atoms with Gasteiger partial charge in [0, 0.05) is 37.3 Å².